The van der Waals surface area contributed by atoms with Gasteiger partial charge in [-0.25, -0.2) is 0 Å². The van der Waals surface area contributed by atoms with Crippen molar-refractivity contribution in [2.45, 2.75) is 24.8 Å². The molecule has 1 saturated carbocycles. The highest BCUT2D eigenvalue weighted by atomic mass is 14.9. The standard InChI is InChI=1S/C13H16N2/c1-15-7-4-11-3-2-10(8-12(11)15)9-13(14)5-6-13/h2-4,7-8H,5-6,9,14H2,1H3. The largest absolute Gasteiger partial charge is 0.351 e. The molecular weight excluding hydrogens is 184 g/mol. The van der Waals surface area contributed by atoms with Crippen LogP contribution in [0.3, 0.4) is 0 Å². The van der Waals surface area contributed by atoms with Gasteiger partial charge in [-0.1, -0.05) is 12.1 Å². The summed E-state index contributed by atoms with van der Waals surface area (Å²) in [5.41, 5.74) is 8.91. The maximum Gasteiger partial charge on any atom is 0.0480 e. The van der Waals surface area contributed by atoms with Crippen molar-refractivity contribution >= 4 is 10.9 Å². The Morgan fingerprint density at radius 3 is 2.87 bits per heavy atom. The third-order valence-corrected chi connectivity index (χ3v) is 3.40. The van der Waals surface area contributed by atoms with Crippen LogP contribution in [0.5, 0.6) is 0 Å². The Kier molecular flexibility index (Phi) is 1.71. The first-order chi connectivity index (χ1) is 7.16. The molecule has 0 aliphatic heterocycles. The SMILES string of the molecule is Cn1ccc2ccc(CC3(N)CC3)cc21. The quantitative estimate of drug-likeness (QED) is 0.791. The number of rotatable bonds is 2. The first kappa shape index (κ1) is 8.98. The third kappa shape index (κ3) is 1.55. The first-order valence-electron chi connectivity index (χ1n) is 5.49. The molecule has 1 fully saturated rings. The minimum absolute atomic E-state index is 0.110. The maximum atomic E-state index is 6.13. The number of hydrogen-bond acceptors (Lipinski definition) is 1. The fourth-order valence-electron chi connectivity index (χ4n) is 2.16. The Hall–Kier alpha value is -1.28. The minimum atomic E-state index is 0.110. The van der Waals surface area contributed by atoms with Crippen LogP contribution in [0.4, 0.5) is 0 Å². The molecule has 2 N–H and O–H groups in total. The van der Waals surface area contributed by atoms with Crippen molar-refractivity contribution in [1.29, 1.82) is 0 Å². The first-order valence-corrected chi connectivity index (χ1v) is 5.49. The topological polar surface area (TPSA) is 30.9 Å². The summed E-state index contributed by atoms with van der Waals surface area (Å²) in [6, 6.07) is 8.81. The van der Waals surface area contributed by atoms with Gasteiger partial charge in [-0.3, -0.25) is 0 Å². The second-order valence-corrected chi connectivity index (χ2v) is 4.86. The van der Waals surface area contributed by atoms with Crippen LogP contribution in [0.25, 0.3) is 10.9 Å². The molecule has 0 saturated heterocycles. The van der Waals surface area contributed by atoms with Crippen LogP contribution in [0, 0.1) is 0 Å². The lowest BCUT2D eigenvalue weighted by Gasteiger charge is -2.08. The summed E-state index contributed by atoms with van der Waals surface area (Å²) < 4.78 is 2.16. The lowest BCUT2D eigenvalue weighted by molar-refractivity contribution is 0.672. The van der Waals surface area contributed by atoms with E-state index in [4.69, 9.17) is 5.73 Å². The van der Waals surface area contributed by atoms with Crippen molar-refractivity contribution in [3.05, 3.63) is 36.0 Å². The monoisotopic (exact) mass is 200 g/mol. The number of hydrogen-bond donors (Lipinski definition) is 1. The number of nitrogens with zero attached hydrogens (tertiary/aromatic N) is 1. The smallest absolute Gasteiger partial charge is 0.0480 e. The van der Waals surface area contributed by atoms with Crippen LogP contribution in [0.2, 0.25) is 0 Å². The van der Waals surface area contributed by atoms with Crippen molar-refractivity contribution in [3.8, 4) is 0 Å². The molecule has 15 heavy (non-hydrogen) atoms. The second-order valence-electron chi connectivity index (χ2n) is 4.86. The van der Waals surface area contributed by atoms with E-state index in [1.807, 2.05) is 0 Å². The summed E-state index contributed by atoms with van der Waals surface area (Å²) in [7, 11) is 2.08. The van der Waals surface area contributed by atoms with Crippen LogP contribution < -0.4 is 5.73 Å². The zero-order valence-electron chi connectivity index (χ0n) is 9.03. The molecule has 1 aliphatic carbocycles. The van der Waals surface area contributed by atoms with E-state index >= 15 is 0 Å². The third-order valence-electron chi connectivity index (χ3n) is 3.40. The Bertz CT molecular complexity index is 506. The van der Waals surface area contributed by atoms with Crippen molar-refractivity contribution in [1.82, 2.24) is 4.57 Å². The van der Waals surface area contributed by atoms with Crippen LogP contribution in [0.1, 0.15) is 18.4 Å². The summed E-state index contributed by atoms with van der Waals surface area (Å²) in [5.74, 6) is 0. The number of nitrogens with two attached hydrogens (primary N) is 1. The average molecular weight is 200 g/mol. The van der Waals surface area contributed by atoms with E-state index in [9.17, 15) is 0 Å². The molecule has 78 valence electrons. The van der Waals surface area contributed by atoms with E-state index in [-0.39, 0.29) is 5.54 Å². The molecular formula is C13H16N2. The molecule has 1 heterocycles. The van der Waals surface area contributed by atoms with Gasteiger partial charge in [0.05, 0.1) is 0 Å². The predicted octanol–water partition coefficient (Wildman–Crippen LogP) is 2.21. The molecule has 1 aromatic heterocycles. The second kappa shape index (κ2) is 2.86. The predicted molar refractivity (Wildman–Crippen MR) is 62.8 cm³/mol. The maximum absolute atomic E-state index is 6.13. The van der Waals surface area contributed by atoms with Crippen molar-refractivity contribution < 1.29 is 0 Å². The minimum Gasteiger partial charge on any atom is -0.351 e. The van der Waals surface area contributed by atoms with Gasteiger partial charge in [-0.2, -0.15) is 0 Å². The van der Waals surface area contributed by atoms with Gasteiger partial charge >= 0.3 is 0 Å². The zero-order chi connectivity index (χ0) is 10.5. The van der Waals surface area contributed by atoms with Crippen molar-refractivity contribution in [2.24, 2.45) is 12.8 Å². The van der Waals surface area contributed by atoms with Crippen LogP contribution in [-0.4, -0.2) is 10.1 Å². The molecule has 1 aromatic carbocycles. The van der Waals surface area contributed by atoms with Gasteiger partial charge in [-0.15, -0.1) is 0 Å². The molecule has 0 radical (unpaired) electrons. The molecule has 1 aliphatic rings. The number of aryl methyl sites for hydroxylation is 1. The van der Waals surface area contributed by atoms with Gasteiger partial charge in [0.2, 0.25) is 0 Å². The Morgan fingerprint density at radius 2 is 2.13 bits per heavy atom. The number of fused-ring (bicyclic) bond motifs is 1. The molecule has 2 nitrogen and oxygen atoms in total. The molecule has 0 unspecified atom stereocenters. The molecule has 2 aromatic rings. The van der Waals surface area contributed by atoms with E-state index in [1.165, 1.54) is 29.3 Å². The highest BCUT2D eigenvalue weighted by Gasteiger charge is 2.37. The highest BCUT2D eigenvalue weighted by Crippen LogP contribution is 2.36. The lowest BCUT2D eigenvalue weighted by atomic mass is 10.0. The normalized spacial score (nSPS) is 18.3. The summed E-state index contributed by atoms with van der Waals surface area (Å²) in [4.78, 5) is 0. The average Bonchev–Trinajstić information content (AvgIpc) is 2.82. The molecule has 0 atom stereocenters. The van der Waals surface area contributed by atoms with E-state index in [0.29, 0.717) is 0 Å². The summed E-state index contributed by atoms with van der Waals surface area (Å²) >= 11 is 0. The Labute approximate surface area is 89.7 Å². The lowest BCUT2D eigenvalue weighted by Crippen LogP contribution is -2.24. The van der Waals surface area contributed by atoms with Crippen LogP contribution in [0.15, 0.2) is 30.5 Å². The zero-order valence-corrected chi connectivity index (χ0v) is 9.03. The fraction of sp³-hybridized carbons (Fsp3) is 0.385. The van der Waals surface area contributed by atoms with Gasteiger partial charge in [0.1, 0.15) is 0 Å². The highest BCUT2D eigenvalue weighted by molar-refractivity contribution is 5.80. The van der Waals surface area contributed by atoms with E-state index in [2.05, 4.69) is 42.1 Å². The number of benzene rings is 1. The molecule has 2 heteroatoms. The summed E-state index contributed by atoms with van der Waals surface area (Å²) in [6.07, 6.45) is 5.48. The molecule has 3 rings (SSSR count). The fourth-order valence-corrected chi connectivity index (χ4v) is 2.16. The molecule has 0 spiro atoms. The summed E-state index contributed by atoms with van der Waals surface area (Å²) in [5, 5.41) is 1.31. The van der Waals surface area contributed by atoms with E-state index in [1.54, 1.807) is 0 Å². The van der Waals surface area contributed by atoms with E-state index < -0.39 is 0 Å². The van der Waals surface area contributed by atoms with Crippen molar-refractivity contribution in [2.75, 3.05) is 0 Å². The van der Waals surface area contributed by atoms with Crippen LogP contribution in [-0.2, 0) is 13.5 Å². The molecule has 0 amide bonds. The van der Waals surface area contributed by atoms with E-state index in [0.717, 1.165) is 6.42 Å². The number of aromatic nitrogens is 1. The van der Waals surface area contributed by atoms with Gasteiger partial charge in [0.25, 0.3) is 0 Å². The van der Waals surface area contributed by atoms with Gasteiger partial charge in [0.15, 0.2) is 0 Å². The van der Waals surface area contributed by atoms with Crippen molar-refractivity contribution in [3.63, 3.8) is 0 Å². The van der Waals surface area contributed by atoms with Crippen LogP contribution >= 0.6 is 0 Å². The summed E-state index contributed by atoms with van der Waals surface area (Å²) in [6.45, 7) is 0. The molecule has 0 bridgehead atoms. The Balaban J connectivity index is 2.01. The van der Waals surface area contributed by atoms with Gasteiger partial charge < -0.3 is 10.3 Å². The van der Waals surface area contributed by atoms with Gasteiger partial charge in [0, 0.05) is 24.3 Å². The Morgan fingerprint density at radius 1 is 1.33 bits per heavy atom. The van der Waals surface area contributed by atoms with Gasteiger partial charge in [-0.05, 0) is 42.3 Å².